The molecule has 0 aromatic carbocycles. The summed E-state index contributed by atoms with van der Waals surface area (Å²) in [6, 6.07) is -0.209. The van der Waals surface area contributed by atoms with E-state index in [0.717, 1.165) is 37.3 Å². The minimum absolute atomic E-state index is 0.209. The zero-order valence-electron chi connectivity index (χ0n) is 11.1. The second-order valence-electron chi connectivity index (χ2n) is 7.57. The van der Waals surface area contributed by atoms with Crippen molar-refractivity contribution < 1.29 is 4.79 Å². The van der Waals surface area contributed by atoms with Crippen molar-refractivity contribution in [2.24, 2.45) is 28.9 Å². The zero-order valence-corrected chi connectivity index (χ0v) is 11.1. The Morgan fingerprint density at radius 1 is 1.11 bits per heavy atom. The Morgan fingerprint density at radius 3 is 2.11 bits per heavy atom. The number of amides is 1. The number of hydrogen-bond donors (Lipinski definition) is 1. The average Bonchev–Trinajstić information content (AvgIpc) is 2.58. The third-order valence-electron chi connectivity index (χ3n) is 6.03. The number of nitrogens with zero attached hydrogens (tertiary/aromatic N) is 1. The van der Waals surface area contributed by atoms with Crippen LogP contribution in [0.25, 0.3) is 0 Å². The van der Waals surface area contributed by atoms with Gasteiger partial charge in [-0.15, -0.1) is 0 Å². The van der Waals surface area contributed by atoms with Crippen LogP contribution in [0.5, 0.6) is 0 Å². The van der Waals surface area contributed by atoms with Gasteiger partial charge < -0.3 is 10.6 Å². The minimum atomic E-state index is -0.209. The van der Waals surface area contributed by atoms with Crippen LogP contribution in [0.1, 0.15) is 44.9 Å². The van der Waals surface area contributed by atoms with Gasteiger partial charge in [-0.2, -0.15) is 0 Å². The highest BCUT2D eigenvalue weighted by Crippen LogP contribution is 2.60. The van der Waals surface area contributed by atoms with Crippen molar-refractivity contribution >= 4 is 5.91 Å². The van der Waals surface area contributed by atoms with E-state index in [-0.39, 0.29) is 11.9 Å². The molecule has 1 aliphatic heterocycles. The van der Waals surface area contributed by atoms with Crippen LogP contribution in [0.3, 0.4) is 0 Å². The minimum Gasteiger partial charge on any atom is -0.341 e. The molecule has 3 heteroatoms. The molecule has 4 bridgehead atoms. The fourth-order valence-corrected chi connectivity index (χ4v) is 5.81. The first kappa shape index (κ1) is 11.3. The van der Waals surface area contributed by atoms with E-state index < -0.39 is 0 Å². The smallest absolute Gasteiger partial charge is 0.239 e. The Balaban J connectivity index is 1.52. The van der Waals surface area contributed by atoms with E-state index in [2.05, 4.69) is 4.90 Å². The van der Waals surface area contributed by atoms with Gasteiger partial charge in [-0.1, -0.05) is 0 Å². The van der Waals surface area contributed by atoms with Crippen LogP contribution in [-0.4, -0.2) is 29.9 Å². The molecule has 1 saturated heterocycles. The Morgan fingerprint density at radius 2 is 1.67 bits per heavy atom. The molecule has 2 N–H and O–H groups in total. The monoisotopic (exact) mass is 248 g/mol. The van der Waals surface area contributed by atoms with Crippen molar-refractivity contribution in [3.8, 4) is 0 Å². The van der Waals surface area contributed by atoms with Gasteiger partial charge in [0.15, 0.2) is 0 Å². The van der Waals surface area contributed by atoms with Crippen molar-refractivity contribution in [1.82, 2.24) is 4.90 Å². The molecule has 4 aliphatic carbocycles. The summed E-state index contributed by atoms with van der Waals surface area (Å²) >= 11 is 0. The van der Waals surface area contributed by atoms with E-state index in [9.17, 15) is 4.79 Å². The summed E-state index contributed by atoms with van der Waals surface area (Å²) in [5, 5.41) is 0. The molecule has 1 atom stereocenters. The number of nitrogens with two attached hydrogens (primary N) is 1. The Hall–Kier alpha value is -0.570. The lowest BCUT2D eigenvalue weighted by Gasteiger charge is -2.57. The maximum absolute atomic E-state index is 12.0. The number of carbonyl (C=O) groups excluding carboxylic acids is 1. The average molecular weight is 248 g/mol. The molecular weight excluding hydrogens is 224 g/mol. The molecule has 0 spiro atoms. The lowest BCUT2D eigenvalue weighted by Crippen LogP contribution is -2.52. The SMILES string of the molecule is NC1CCN(CC23CC4CC(CC(C4)C2)C3)C1=O. The molecule has 1 amide bonds. The fraction of sp³-hybridized carbons (Fsp3) is 0.933. The molecule has 5 aliphatic rings. The highest BCUT2D eigenvalue weighted by atomic mass is 16.2. The summed E-state index contributed by atoms with van der Waals surface area (Å²) in [7, 11) is 0. The molecule has 1 unspecified atom stereocenters. The van der Waals surface area contributed by atoms with Crippen LogP contribution >= 0.6 is 0 Å². The topological polar surface area (TPSA) is 46.3 Å². The van der Waals surface area contributed by atoms with Gasteiger partial charge in [-0.05, 0) is 68.1 Å². The Bertz CT molecular complexity index is 343. The summed E-state index contributed by atoms with van der Waals surface area (Å²) in [5.74, 6) is 3.14. The molecular formula is C15H24N2O. The first-order valence-electron chi connectivity index (χ1n) is 7.68. The van der Waals surface area contributed by atoms with E-state index in [1.54, 1.807) is 0 Å². The van der Waals surface area contributed by atoms with Gasteiger partial charge in [-0.25, -0.2) is 0 Å². The first-order chi connectivity index (χ1) is 8.63. The fourth-order valence-electron chi connectivity index (χ4n) is 5.81. The molecule has 0 aromatic heterocycles. The quantitative estimate of drug-likeness (QED) is 0.809. The second-order valence-corrected chi connectivity index (χ2v) is 7.57. The summed E-state index contributed by atoms with van der Waals surface area (Å²) in [6.45, 7) is 1.92. The van der Waals surface area contributed by atoms with E-state index in [0.29, 0.717) is 5.41 Å². The third-order valence-corrected chi connectivity index (χ3v) is 6.03. The summed E-state index contributed by atoms with van der Waals surface area (Å²) < 4.78 is 0. The molecule has 5 fully saturated rings. The van der Waals surface area contributed by atoms with Gasteiger partial charge in [0.1, 0.15) is 0 Å². The molecule has 18 heavy (non-hydrogen) atoms. The molecule has 5 rings (SSSR count). The predicted octanol–water partition coefficient (Wildman–Crippen LogP) is 1.76. The van der Waals surface area contributed by atoms with Crippen LogP contribution < -0.4 is 5.73 Å². The summed E-state index contributed by atoms with van der Waals surface area (Å²) in [4.78, 5) is 14.1. The highest BCUT2D eigenvalue weighted by Gasteiger charge is 2.52. The highest BCUT2D eigenvalue weighted by molar-refractivity contribution is 5.83. The maximum atomic E-state index is 12.0. The zero-order chi connectivity index (χ0) is 12.3. The van der Waals surface area contributed by atoms with Crippen LogP contribution in [0, 0.1) is 23.2 Å². The van der Waals surface area contributed by atoms with Gasteiger partial charge in [0.2, 0.25) is 5.91 Å². The van der Waals surface area contributed by atoms with Crippen LogP contribution in [0.4, 0.5) is 0 Å². The van der Waals surface area contributed by atoms with E-state index >= 15 is 0 Å². The predicted molar refractivity (Wildman–Crippen MR) is 69.8 cm³/mol. The van der Waals surface area contributed by atoms with Crippen LogP contribution in [0.2, 0.25) is 0 Å². The largest absolute Gasteiger partial charge is 0.341 e. The Kier molecular flexibility index (Phi) is 2.33. The summed E-state index contributed by atoms with van der Waals surface area (Å²) in [6.07, 6.45) is 9.46. The lowest BCUT2D eigenvalue weighted by molar-refractivity contribution is -0.134. The van der Waals surface area contributed by atoms with Crippen molar-refractivity contribution in [1.29, 1.82) is 0 Å². The number of rotatable bonds is 2. The molecule has 100 valence electrons. The van der Waals surface area contributed by atoms with Crippen molar-refractivity contribution in [3.05, 3.63) is 0 Å². The number of hydrogen-bond acceptors (Lipinski definition) is 2. The standard InChI is InChI=1S/C15H24N2O/c16-13-1-2-17(14(13)18)9-15-6-10-3-11(7-15)5-12(4-10)8-15/h10-13H,1-9,16H2. The normalized spacial score (nSPS) is 50.3. The van der Waals surface area contributed by atoms with Crippen molar-refractivity contribution in [2.75, 3.05) is 13.1 Å². The third kappa shape index (κ3) is 1.63. The number of carbonyl (C=O) groups is 1. The molecule has 4 saturated carbocycles. The van der Waals surface area contributed by atoms with Gasteiger partial charge >= 0.3 is 0 Å². The molecule has 0 aromatic rings. The van der Waals surface area contributed by atoms with E-state index in [1.165, 1.54) is 38.5 Å². The van der Waals surface area contributed by atoms with Gasteiger partial charge in [0.25, 0.3) is 0 Å². The van der Waals surface area contributed by atoms with Gasteiger partial charge in [-0.3, -0.25) is 4.79 Å². The van der Waals surface area contributed by atoms with Crippen molar-refractivity contribution in [3.63, 3.8) is 0 Å². The summed E-state index contributed by atoms with van der Waals surface area (Å²) in [5.41, 5.74) is 6.33. The maximum Gasteiger partial charge on any atom is 0.239 e. The van der Waals surface area contributed by atoms with Gasteiger partial charge in [0.05, 0.1) is 6.04 Å². The van der Waals surface area contributed by atoms with E-state index in [1.807, 2.05) is 0 Å². The first-order valence-corrected chi connectivity index (χ1v) is 7.68. The lowest BCUT2D eigenvalue weighted by atomic mass is 9.49. The number of likely N-dealkylation sites (tertiary alicyclic amines) is 1. The van der Waals surface area contributed by atoms with E-state index in [4.69, 9.17) is 5.73 Å². The van der Waals surface area contributed by atoms with Crippen LogP contribution in [0.15, 0.2) is 0 Å². The molecule has 0 radical (unpaired) electrons. The molecule has 1 heterocycles. The van der Waals surface area contributed by atoms with Gasteiger partial charge in [0, 0.05) is 13.1 Å². The molecule has 3 nitrogen and oxygen atoms in total. The Labute approximate surface area is 109 Å². The van der Waals surface area contributed by atoms with Crippen molar-refractivity contribution in [2.45, 2.75) is 51.0 Å². The van der Waals surface area contributed by atoms with Crippen LogP contribution in [-0.2, 0) is 4.79 Å². The second kappa shape index (κ2) is 3.72.